The predicted octanol–water partition coefficient (Wildman–Crippen LogP) is 3.75. The summed E-state index contributed by atoms with van der Waals surface area (Å²) in [6.45, 7) is 1.52. The van der Waals surface area contributed by atoms with Crippen LogP contribution in [0.25, 0.3) is 0 Å². The van der Waals surface area contributed by atoms with Gasteiger partial charge in [0.2, 0.25) is 5.91 Å². The largest absolute Gasteiger partial charge is 0.476 e. The Balaban J connectivity index is 1.71. The number of carbonyl (C=O) groups excluding carboxylic acids is 2. The molecule has 5 nitrogen and oxygen atoms in total. The Kier molecular flexibility index (Phi) is 5.41. The average Bonchev–Trinajstić information content (AvgIpc) is 2.61. The van der Waals surface area contributed by atoms with E-state index in [-0.39, 0.29) is 12.5 Å². The van der Waals surface area contributed by atoms with Crippen LogP contribution in [0.1, 0.15) is 6.92 Å². The zero-order chi connectivity index (χ0) is 18.7. The van der Waals surface area contributed by atoms with Crippen LogP contribution in [0.4, 0.5) is 20.2 Å². The standard InChI is InChI=1S/C18H16F2N2O3S/c1-11(23)22-10-16(25-15-5-3-2-4-14(15)22)17(24)21-12-6-8-13(9-7-12)26-18(19)20/h2-9,16,18H,10H2,1H3,(H,21,24)/t16-/m1/s1. The van der Waals surface area contributed by atoms with Crippen LogP contribution in [-0.2, 0) is 9.59 Å². The molecule has 0 spiro atoms. The third-order valence-corrected chi connectivity index (χ3v) is 4.52. The number of amides is 2. The number of hydrogen-bond acceptors (Lipinski definition) is 4. The van der Waals surface area contributed by atoms with Crippen molar-refractivity contribution in [1.82, 2.24) is 0 Å². The van der Waals surface area contributed by atoms with E-state index in [2.05, 4.69) is 5.32 Å². The number of alkyl halides is 2. The second-order valence-corrected chi connectivity index (χ2v) is 6.66. The van der Waals surface area contributed by atoms with Gasteiger partial charge in [0, 0.05) is 17.5 Å². The first-order chi connectivity index (χ1) is 12.4. The van der Waals surface area contributed by atoms with Crippen molar-refractivity contribution in [2.75, 3.05) is 16.8 Å². The number of thioether (sulfide) groups is 1. The molecule has 0 radical (unpaired) electrons. The lowest BCUT2D eigenvalue weighted by molar-refractivity contribution is -0.123. The van der Waals surface area contributed by atoms with Gasteiger partial charge in [0.15, 0.2) is 6.10 Å². The number of rotatable bonds is 4. The van der Waals surface area contributed by atoms with Crippen molar-refractivity contribution in [2.45, 2.75) is 23.7 Å². The highest BCUT2D eigenvalue weighted by Crippen LogP contribution is 2.33. The summed E-state index contributed by atoms with van der Waals surface area (Å²) in [5.74, 6) is -2.64. The van der Waals surface area contributed by atoms with Gasteiger partial charge in [-0.15, -0.1) is 0 Å². The third-order valence-electron chi connectivity index (χ3n) is 3.79. The number of carbonyl (C=O) groups is 2. The minimum atomic E-state index is -2.50. The zero-order valence-corrected chi connectivity index (χ0v) is 14.6. The Bertz CT molecular complexity index is 814. The number of halogens is 2. The molecule has 1 atom stereocenters. The highest BCUT2D eigenvalue weighted by molar-refractivity contribution is 7.99. The van der Waals surface area contributed by atoms with Gasteiger partial charge >= 0.3 is 0 Å². The molecule has 0 bridgehead atoms. The number of hydrogen-bond donors (Lipinski definition) is 1. The van der Waals surface area contributed by atoms with Crippen molar-refractivity contribution in [2.24, 2.45) is 0 Å². The van der Waals surface area contributed by atoms with Gasteiger partial charge in [-0.25, -0.2) is 0 Å². The Morgan fingerprint density at radius 1 is 1.19 bits per heavy atom. The fourth-order valence-corrected chi connectivity index (χ4v) is 3.11. The molecule has 2 aromatic carbocycles. The number of nitrogens with one attached hydrogen (secondary N) is 1. The molecule has 2 aromatic rings. The van der Waals surface area contributed by atoms with Crippen molar-refractivity contribution in [1.29, 1.82) is 0 Å². The Hall–Kier alpha value is -2.61. The van der Waals surface area contributed by atoms with Gasteiger partial charge in [0.1, 0.15) is 5.75 Å². The molecule has 0 aromatic heterocycles. The Morgan fingerprint density at radius 2 is 1.88 bits per heavy atom. The molecule has 136 valence electrons. The van der Waals surface area contributed by atoms with Crippen LogP contribution >= 0.6 is 11.8 Å². The summed E-state index contributed by atoms with van der Waals surface area (Å²) in [6.07, 6.45) is -0.871. The molecular formula is C18H16F2N2O3S. The van der Waals surface area contributed by atoms with E-state index in [0.29, 0.717) is 33.8 Å². The van der Waals surface area contributed by atoms with E-state index in [1.54, 1.807) is 36.4 Å². The van der Waals surface area contributed by atoms with Gasteiger partial charge in [-0.05, 0) is 36.4 Å². The van der Waals surface area contributed by atoms with E-state index in [4.69, 9.17) is 4.74 Å². The summed E-state index contributed by atoms with van der Waals surface area (Å²) in [4.78, 5) is 26.3. The van der Waals surface area contributed by atoms with Gasteiger partial charge in [0.05, 0.1) is 12.2 Å². The molecule has 2 amide bonds. The summed E-state index contributed by atoms with van der Waals surface area (Å²) in [5, 5.41) is 2.68. The molecular weight excluding hydrogens is 362 g/mol. The fraction of sp³-hybridized carbons (Fsp3) is 0.222. The van der Waals surface area contributed by atoms with Gasteiger partial charge < -0.3 is 15.0 Å². The Labute approximate surface area is 153 Å². The number of ether oxygens (including phenoxy) is 1. The van der Waals surface area contributed by atoms with E-state index in [1.165, 1.54) is 24.0 Å². The maximum Gasteiger partial charge on any atom is 0.288 e. The van der Waals surface area contributed by atoms with Crippen LogP contribution in [-0.4, -0.2) is 30.2 Å². The molecule has 0 saturated carbocycles. The van der Waals surface area contributed by atoms with Crippen molar-refractivity contribution in [3.05, 3.63) is 48.5 Å². The normalized spacial score (nSPS) is 16.0. The number of anilines is 2. The first-order valence-corrected chi connectivity index (χ1v) is 8.71. The first kappa shape index (κ1) is 18.2. The molecule has 0 fully saturated rings. The molecule has 8 heteroatoms. The monoisotopic (exact) mass is 378 g/mol. The van der Waals surface area contributed by atoms with Crippen molar-refractivity contribution in [3.63, 3.8) is 0 Å². The maximum atomic E-state index is 12.5. The summed E-state index contributed by atoms with van der Waals surface area (Å²) in [5.41, 5.74) is 1.09. The molecule has 0 unspecified atom stereocenters. The van der Waals surface area contributed by atoms with Crippen LogP contribution in [0.5, 0.6) is 5.75 Å². The Morgan fingerprint density at radius 3 is 2.54 bits per heavy atom. The summed E-state index contributed by atoms with van der Waals surface area (Å²) < 4.78 is 30.4. The SMILES string of the molecule is CC(=O)N1C[C@H](C(=O)Nc2ccc(SC(F)F)cc2)Oc2ccccc21. The van der Waals surface area contributed by atoms with Gasteiger partial charge in [-0.1, -0.05) is 23.9 Å². The number of benzene rings is 2. The van der Waals surface area contributed by atoms with Crippen LogP contribution in [0.15, 0.2) is 53.4 Å². The highest BCUT2D eigenvalue weighted by Gasteiger charge is 2.32. The number of fused-ring (bicyclic) bond motifs is 1. The second-order valence-electron chi connectivity index (χ2n) is 5.60. The molecule has 26 heavy (non-hydrogen) atoms. The molecule has 1 heterocycles. The van der Waals surface area contributed by atoms with Crippen LogP contribution in [0.2, 0.25) is 0 Å². The lowest BCUT2D eigenvalue weighted by atomic mass is 10.1. The van der Waals surface area contributed by atoms with E-state index in [1.807, 2.05) is 0 Å². The highest BCUT2D eigenvalue weighted by atomic mass is 32.2. The van der Waals surface area contributed by atoms with Gasteiger partial charge in [-0.2, -0.15) is 8.78 Å². The number of para-hydroxylation sites is 2. The molecule has 1 aliphatic rings. The minimum Gasteiger partial charge on any atom is -0.476 e. The van der Waals surface area contributed by atoms with Gasteiger partial charge in [-0.3, -0.25) is 9.59 Å². The van der Waals surface area contributed by atoms with Crippen molar-refractivity contribution < 1.29 is 23.1 Å². The van der Waals surface area contributed by atoms with E-state index in [0.717, 1.165) is 0 Å². The van der Waals surface area contributed by atoms with Gasteiger partial charge in [0.25, 0.3) is 11.7 Å². The number of nitrogens with zero attached hydrogens (tertiary/aromatic N) is 1. The predicted molar refractivity (Wildman–Crippen MR) is 95.8 cm³/mol. The molecule has 3 rings (SSSR count). The molecule has 1 N–H and O–H groups in total. The lowest BCUT2D eigenvalue weighted by Crippen LogP contribution is -2.48. The summed E-state index contributed by atoms with van der Waals surface area (Å²) in [6, 6.07) is 13.1. The smallest absolute Gasteiger partial charge is 0.288 e. The zero-order valence-electron chi connectivity index (χ0n) is 13.8. The summed E-state index contributed by atoms with van der Waals surface area (Å²) >= 11 is 0.435. The fourth-order valence-electron chi connectivity index (χ4n) is 2.61. The van der Waals surface area contributed by atoms with Crippen molar-refractivity contribution in [3.8, 4) is 5.75 Å². The first-order valence-electron chi connectivity index (χ1n) is 7.83. The third kappa shape index (κ3) is 4.13. The van der Waals surface area contributed by atoms with Crippen LogP contribution in [0.3, 0.4) is 0 Å². The molecule has 0 saturated heterocycles. The van der Waals surface area contributed by atoms with Crippen molar-refractivity contribution >= 4 is 35.0 Å². The summed E-state index contributed by atoms with van der Waals surface area (Å²) in [7, 11) is 0. The maximum absolute atomic E-state index is 12.5. The lowest BCUT2D eigenvalue weighted by Gasteiger charge is -2.33. The van der Waals surface area contributed by atoms with Crippen LogP contribution < -0.4 is 15.0 Å². The van der Waals surface area contributed by atoms with Crippen LogP contribution in [0, 0.1) is 0 Å². The van der Waals surface area contributed by atoms with E-state index in [9.17, 15) is 18.4 Å². The van der Waals surface area contributed by atoms with E-state index >= 15 is 0 Å². The van der Waals surface area contributed by atoms with E-state index < -0.39 is 17.8 Å². The average molecular weight is 378 g/mol. The molecule has 0 aliphatic carbocycles. The second kappa shape index (κ2) is 7.74. The quantitative estimate of drug-likeness (QED) is 0.824. The topological polar surface area (TPSA) is 58.6 Å². The minimum absolute atomic E-state index is 0.0947. The molecule has 1 aliphatic heterocycles.